The Morgan fingerprint density at radius 2 is 1.86 bits per heavy atom. The number of nitrogens with one attached hydrogen (secondary N) is 1. The quantitative estimate of drug-likeness (QED) is 0.831. The van der Waals surface area contributed by atoms with Gasteiger partial charge in [0.25, 0.3) is 0 Å². The Balaban J connectivity index is 2.31. The zero-order chi connectivity index (χ0) is 10.6. The molecule has 0 aliphatic rings. The highest BCUT2D eigenvalue weighted by Gasteiger charge is 2.08. The zero-order valence-electron chi connectivity index (χ0n) is 9.42. The van der Waals surface area contributed by atoms with E-state index in [9.17, 15) is 0 Å². The van der Waals surface area contributed by atoms with Crippen LogP contribution in [-0.2, 0) is 12.8 Å². The average molecular weight is 213 g/mol. The molecule has 0 amide bonds. The highest BCUT2D eigenvalue weighted by molar-refractivity contribution is 7.11. The van der Waals surface area contributed by atoms with Crippen molar-refractivity contribution in [3.63, 3.8) is 0 Å². The molecule has 1 heterocycles. The molecule has 0 saturated carbocycles. The van der Waals surface area contributed by atoms with Gasteiger partial charge in [0.05, 0.1) is 0 Å². The van der Waals surface area contributed by atoms with Gasteiger partial charge in [-0.15, -0.1) is 21.5 Å². The second-order valence-electron chi connectivity index (χ2n) is 4.37. The first-order valence-corrected chi connectivity index (χ1v) is 5.89. The summed E-state index contributed by atoms with van der Waals surface area (Å²) in [4.78, 5) is 0. The van der Waals surface area contributed by atoms with E-state index < -0.39 is 0 Å². The van der Waals surface area contributed by atoms with Gasteiger partial charge in [-0.3, -0.25) is 0 Å². The number of nitrogens with zero attached hydrogens (tertiary/aromatic N) is 2. The van der Waals surface area contributed by atoms with Crippen molar-refractivity contribution in [3.05, 3.63) is 10.0 Å². The smallest absolute Gasteiger partial charge is 0.118 e. The van der Waals surface area contributed by atoms with Crippen molar-refractivity contribution in [1.29, 1.82) is 0 Å². The molecule has 1 aromatic heterocycles. The van der Waals surface area contributed by atoms with E-state index in [0.29, 0.717) is 0 Å². The molecule has 3 nitrogen and oxygen atoms in total. The average Bonchev–Trinajstić information content (AvgIpc) is 2.50. The summed E-state index contributed by atoms with van der Waals surface area (Å²) in [5, 5.41) is 13.9. The molecule has 0 radical (unpaired) electrons. The lowest BCUT2D eigenvalue weighted by molar-refractivity contribution is 0.429. The van der Waals surface area contributed by atoms with Crippen molar-refractivity contribution in [3.8, 4) is 0 Å². The molecule has 0 bridgehead atoms. The van der Waals surface area contributed by atoms with Gasteiger partial charge in [-0.25, -0.2) is 0 Å². The lowest BCUT2D eigenvalue weighted by atomic mass is 10.1. The minimum atomic E-state index is 0.193. The van der Waals surface area contributed by atoms with Crippen molar-refractivity contribution >= 4 is 11.3 Å². The minimum absolute atomic E-state index is 0.193. The Bertz CT molecular complexity index is 275. The summed E-state index contributed by atoms with van der Waals surface area (Å²) in [6, 6.07) is 0. The molecule has 1 aromatic rings. The highest BCUT2D eigenvalue weighted by Crippen LogP contribution is 2.10. The van der Waals surface area contributed by atoms with Gasteiger partial charge in [0, 0.05) is 18.5 Å². The third-order valence-corrected chi connectivity index (χ3v) is 2.93. The number of rotatable bonds is 4. The lowest BCUT2D eigenvalue weighted by Crippen LogP contribution is -2.37. The lowest BCUT2D eigenvalue weighted by Gasteiger charge is -2.19. The van der Waals surface area contributed by atoms with Gasteiger partial charge >= 0.3 is 0 Å². The molecule has 0 fully saturated rings. The fraction of sp³-hybridized carbons (Fsp3) is 0.800. The molecule has 0 saturated heterocycles. The Kier molecular flexibility index (Phi) is 4.01. The summed E-state index contributed by atoms with van der Waals surface area (Å²) < 4.78 is 0. The van der Waals surface area contributed by atoms with Crippen molar-refractivity contribution in [2.24, 2.45) is 0 Å². The molecule has 0 spiro atoms. The van der Waals surface area contributed by atoms with Gasteiger partial charge in [0.15, 0.2) is 0 Å². The van der Waals surface area contributed by atoms with Crippen LogP contribution in [-0.4, -0.2) is 22.3 Å². The van der Waals surface area contributed by atoms with Crippen LogP contribution in [0.5, 0.6) is 0 Å². The van der Waals surface area contributed by atoms with Gasteiger partial charge < -0.3 is 5.32 Å². The van der Waals surface area contributed by atoms with Crippen LogP contribution in [0.1, 0.15) is 37.7 Å². The summed E-state index contributed by atoms with van der Waals surface area (Å²) in [6.45, 7) is 9.60. The van der Waals surface area contributed by atoms with E-state index in [1.807, 2.05) is 0 Å². The van der Waals surface area contributed by atoms with Gasteiger partial charge in [-0.2, -0.15) is 0 Å². The van der Waals surface area contributed by atoms with E-state index in [0.717, 1.165) is 29.4 Å². The van der Waals surface area contributed by atoms with Crippen LogP contribution in [0, 0.1) is 0 Å². The summed E-state index contributed by atoms with van der Waals surface area (Å²) in [5.41, 5.74) is 0.193. The van der Waals surface area contributed by atoms with Gasteiger partial charge in [0.1, 0.15) is 10.0 Å². The van der Waals surface area contributed by atoms with Crippen LogP contribution in [0.15, 0.2) is 0 Å². The molecule has 0 aromatic carbocycles. The monoisotopic (exact) mass is 213 g/mol. The van der Waals surface area contributed by atoms with Gasteiger partial charge in [0.2, 0.25) is 0 Å². The molecular weight excluding hydrogens is 194 g/mol. The van der Waals surface area contributed by atoms with Crippen molar-refractivity contribution < 1.29 is 0 Å². The Morgan fingerprint density at radius 1 is 1.21 bits per heavy atom. The molecule has 4 heteroatoms. The standard InChI is InChI=1S/C10H19N3S/c1-5-8-12-13-9(14-8)6-7-11-10(2,3)4/h11H,5-7H2,1-4H3. The van der Waals surface area contributed by atoms with Crippen LogP contribution < -0.4 is 5.32 Å². The second-order valence-corrected chi connectivity index (χ2v) is 5.52. The molecule has 0 unspecified atom stereocenters. The van der Waals surface area contributed by atoms with Crippen LogP contribution in [0.2, 0.25) is 0 Å². The summed E-state index contributed by atoms with van der Waals surface area (Å²) in [7, 11) is 0. The van der Waals surface area contributed by atoms with Crippen molar-refractivity contribution in [1.82, 2.24) is 15.5 Å². The van der Waals surface area contributed by atoms with Gasteiger partial charge in [-0.1, -0.05) is 6.92 Å². The van der Waals surface area contributed by atoms with E-state index in [-0.39, 0.29) is 5.54 Å². The maximum absolute atomic E-state index is 4.14. The first-order valence-electron chi connectivity index (χ1n) is 5.07. The fourth-order valence-electron chi connectivity index (χ4n) is 1.08. The molecule has 1 N–H and O–H groups in total. The number of aromatic nitrogens is 2. The van der Waals surface area contributed by atoms with Crippen molar-refractivity contribution in [2.45, 2.75) is 46.1 Å². The maximum atomic E-state index is 4.14. The zero-order valence-corrected chi connectivity index (χ0v) is 10.2. The Morgan fingerprint density at radius 3 is 2.36 bits per heavy atom. The molecule has 14 heavy (non-hydrogen) atoms. The molecular formula is C10H19N3S. The largest absolute Gasteiger partial charge is 0.312 e. The molecule has 0 aliphatic carbocycles. The third-order valence-electron chi connectivity index (χ3n) is 1.81. The molecule has 0 atom stereocenters. The van der Waals surface area contributed by atoms with Crippen LogP contribution in [0.3, 0.4) is 0 Å². The van der Waals surface area contributed by atoms with E-state index in [4.69, 9.17) is 0 Å². The molecule has 1 rings (SSSR count). The Hall–Kier alpha value is -0.480. The highest BCUT2D eigenvalue weighted by atomic mass is 32.1. The van der Waals surface area contributed by atoms with E-state index >= 15 is 0 Å². The van der Waals surface area contributed by atoms with Gasteiger partial charge in [-0.05, 0) is 27.2 Å². The van der Waals surface area contributed by atoms with Crippen molar-refractivity contribution in [2.75, 3.05) is 6.54 Å². The number of hydrogen-bond donors (Lipinski definition) is 1. The van der Waals surface area contributed by atoms with Crippen LogP contribution in [0.4, 0.5) is 0 Å². The SMILES string of the molecule is CCc1nnc(CCNC(C)(C)C)s1. The topological polar surface area (TPSA) is 37.8 Å². The second kappa shape index (κ2) is 4.84. The molecule has 80 valence electrons. The summed E-state index contributed by atoms with van der Waals surface area (Å²) in [5.74, 6) is 0. The Labute approximate surface area is 89.9 Å². The van der Waals surface area contributed by atoms with E-state index in [1.165, 1.54) is 0 Å². The van der Waals surface area contributed by atoms with E-state index in [2.05, 4.69) is 43.2 Å². The molecule has 0 aliphatic heterocycles. The van der Waals surface area contributed by atoms with Crippen LogP contribution in [0.25, 0.3) is 0 Å². The normalized spacial score (nSPS) is 12.0. The first kappa shape index (κ1) is 11.6. The number of aryl methyl sites for hydroxylation is 1. The third kappa shape index (κ3) is 4.15. The van der Waals surface area contributed by atoms with Crippen LogP contribution >= 0.6 is 11.3 Å². The van der Waals surface area contributed by atoms with E-state index in [1.54, 1.807) is 11.3 Å². The number of hydrogen-bond acceptors (Lipinski definition) is 4. The maximum Gasteiger partial charge on any atom is 0.118 e. The predicted molar refractivity (Wildman–Crippen MR) is 60.7 cm³/mol. The fourth-order valence-corrected chi connectivity index (χ4v) is 1.86. The predicted octanol–water partition coefficient (Wildman–Crippen LogP) is 2.03. The first-order chi connectivity index (χ1) is 6.51. The summed E-state index contributed by atoms with van der Waals surface area (Å²) in [6.07, 6.45) is 1.97. The minimum Gasteiger partial charge on any atom is -0.312 e. The summed E-state index contributed by atoms with van der Waals surface area (Å²) >= 11 is 1.72.